The van der Waals surface area contributed by atoms with E-state index >= 15 is 0 Å². The molecule has 2 aliphatic carbocycles. The minimum Gasteiger partial charge on any atom is -0.489 e. The van der Waals surface area contributed by atoms with Gasteiger partial charge in [0.1, 0.15) is 11.9 Å². The van der Waals surface area contributed by atoms with E-state index in [4.69, 9.17) is 4.74 Å². The van der Waals surface area contributed by atoms with Crippen molar-refractivity contribution in [1.29, 1.82) is 0 Å². The van der Waals surface area contributed by atoms with Crippen molar-refractivity contribution in [2.75, 3.05) is 0 Å². The maximum absolute atomic E-state index is 10.7. The van der Waals surface area contributed by atoms with Crippen molar-refractivity contribution >= 4 is 5.69 Å². The van der Waals surface area contributed by atoms with Gasteiger partial charge in [-0.3, -0.25) is 10.1 Å². The molecule has 1 aromatic rings. The number of hydrogen-bond acceptors (Lipinski definition) is 4. The molecule has 2 atom stereocenters. The van der Waals surface area contributed by atoms with E-state index in [0.717, 1.165) is 31.2 Å². The molecule has 0 heterocycles. The molecule has 5 nitrogen and oxygen atoms in total. The SMILES string of the molecule is Cc1cc([N+](=O)[O-])ccc1OC1CC(O)C12CCCC2. The number of aryl methyl sites for hydroxylation is 1. The Morgan fingerprint density at radius 1 is 1.40 bits per heavy atom. The van der Waals surface area contributed by atoms with Crippen LogP contribution in [0.2, 0.25) is 0 Å². The van der Waals surface area contributed by atoms with E-state index in [1.165, 1.54) is 12.1 Å². The van der Waals surface area contributed by atoms with Crippen molar-refractivity contribution in [3.05, 3.63) is 33.9 Å². The van der Waals surface area contributed by atoms with Crippen LogP contribution in [0.25, 0.3) is 0 Å². The number of benzene rings is 1. The van der Waals surface area contributed by atoms with E-state index in [-0.39, 0.29) is 23.3 Å². The Hall–Kier alpha value is -1.62. The predicted octanol–water partition coefficient (Wildman–Crippen LogP) is 2.98. The Bertz CT molecular complexity index is 537. The molecule has 1 N–H and O–H groups in total. The first kappa shape index (κ1) is 13.4. The van der Waals surface area contributed by atoms with Gasteiger partial charge in [-0.25, -0.2) is 0 Å². The molecule has 20 heavy (non-hydrogen) atoms. The lowest BCUT2D eigenvalue weighted by atomic mass is 9.62. The molecule has 2 unspecified atom stereocenters. The van der Waals surface area contributed by atoms with Crippen LogP contribution in [-0.2, 0) is 0 Å². The summed E-state index contributed by atoms with van der Waals surface area (Å²) in [6.07, 6.45) is 4.78. The Morgan fingerprint density at radius 2 is 2.10 bits per heavy atom. The van der Waals surface area contributed by atoms with Crippen molar-refractivity contribution in [2.24, 2.45) is 5.41 Å². The lowest BCUT2D eigenvalue weighted by Gasteiger charge is -2.51. The van der Waals surface area contributed by atoms with Gasteiger partial charge < -0.3 is 9.84 Å². The fourth-order valence-electron chi connectivity index (χ4n) is 3.61. The normalized spacial score (nSPS) is 27.3. The highest BCUT2D eigenvalue weighted by Crippen LogP contribution is 2.54. The average Bonchev–Trinajstić information content (AvgIpc) is 2.92. The Balaban J connectivity index is 1.77. The molecular formula is C15H19NO4. The van der Waals surface area contributed by atoms with E-state index in [9.17, 15) is 15.2 Å². The van der Waals surface area contributed by atoms with Crippen LogP contribution in [0.5, 0.6) is 5.75 Å². The van der Waals surface area contributed by atoms with Gasteiger partial charge in [0.05, 0.1) is 11.0 Å². The average molecular weight is 277 g/mol. The van der Waals surface area contributed by atoms with Crippen molar-refractivity contribution < 1.29 is 14.8 Å². The number of rotatable bonds is 3. The molecule has 5 heteroatoms. The monoisotopic (exact) mass is 277 g/mol. The topological polar surface area (TPSA) is 72.6 Å². The smallest absolute Gasteiger partial charge is 0.269 e. The summed E-state index contributed by atoms with van der Waals surface area (Å²) >= 11 is 0. The molecule has 0 aromatic heterocycles. The van der Waals surface area contributed by atoms with Crippen molar-refractivity contribution in [2.45, 2.75) is 51.2 Å². The molecule has 1 aromatic carbocycles. The Labute approximate surface area is 117 Å². The highest BCUT2D eigenvalue weighted by atomic mass is 16.6. The van der Waals surface area contributed by atoms with Gasteiger partial charge in [0.15, 0.2) is 0 Å². The maximum Gasteiger partial charge on any atom is 0.269 e. The summed E-state index contributed by atoms with van der Waals surface area (Å²) in [5, 5.41) is 20.8. The van der Waals surface area contributed by atoms with E-state index in [0.29, 0.717) is 12.2 Å². The number of ether oxygens (including phenoxy) is 1. The molecule has 0 amide bonds. The maximum atomic E-state index is 10.7. The molecule has 108 valence electrons. The van der Waals surface area contributed by atoms with Crippen LogP contribution in [-0.4, -0.2) is 22.2 Å². The molecule has 2 aliphatic rings. The van der Waals surface area contributed by atoms with E-state index in [1.54, 1.807) is 6.07 Å². The van der Waals surface area contributed by atoms with Crippen LogP contribution in [0.1, 0.15) is 37.7 Å². The minimum absolute atomic E-state index is 0.0418. The van der Waals surface area contributed by atoms with Gasteiger partial charge in [-0.15, -0.1) is 0 Å². The van der Waals surface area contributed by atoms with Gasteiger partial charge in [-0.1, -0.05) is 12.8 Å². The molecular weight excluding hydrogens is 258 g/mol. The summed E-state index contributed by atoms with van der Waals surface area (Å²) in [5.41, 5.74) is 0.779. The lowest BCUT2D eigenvalue weighted by molar-refractivity contribution is -0.384. The zero-order chi connectivity index (χ0) is 14.3. The summed E-state index contributed by atoms with van der Waals surface area (Å²) in [5.74, 6) is 0.693. The molecule has 3 rings (SSSR count). The van der Waals surface area contributed by atoms with Crippen LogP contribution in [0.3, 0.4) is 0 Å². The zero-order valence-electron chi connectivity index (χ0n) is 11.5. The molecule has 2 saturated carbocycles. The standard InChI is InChI=1S/C15H19NO4/c1-10-8-11(16(18)19)4-5-12(10)20-14-9-13(17)15(14)6-2-3-7-15/h4-5,8,13-14,17H,2-3,6-7,9H2,1H3. The minimum atomic E-state index is -0.400. The van der Waals surface area contributed by atoms with E-state index in [2.05, 4.69) is 0 Å². The van der Waals surface area contributed by atoms with E-state index < -0.39 is 4.92 Å². The Morgan fingerprint density at radius 3 is 2.65 bits per heavy atom. The van der Waals surface area contributed by atoms with Crippen LogP contribution in [0.15, 0.2) is 18.2 Å². The molecule has 0 bridgehead atoms. The van der Waals surface area contributed by atoms with E-state index in [1.807, 2.05) is 6.92 Å². The van der Waals surface area contributed by atoms with Crippen LogP contribution >= 0.6 is 0 Å². The fourth-order valence-corrected chi connectivity index (χ4v) is 3.61. The third kappa shape index (κ3) is 1.97. The van der Waals surface area contributed by atoms with Crippen molar-refractivity contribution in [3.63, 3.8) is 0 Å². The predicted molar refractivity (Wildman–Crippen MR) is 73.8 cm³/mol. The lowest BCUT2D eigenvalue weighted by Crippen LogP contribution is -2.58. The van der Waals surface area contributed by atoms with Crippen LogP contribution in [0, 0.1) is 22.5 Å². The van der Waals surface area contributed by atoms with Crippen molar-refractivity contribution in [3.8, 4) is 5.75 Å². The summed E-state index contributed by atoms with van der Waals surface area (Å²) < 4.78 is 6.04. The first-order valence-corrected chi connectivity index (χ1v) is 7.13. The van der Waals surface area contributed by atoms with Crippen molar-refractivity contribution in [1.82, 2.24) is 0 Å². The first-order chi connectivity index (χ1) is 9.53. The Kier molecular flexibility index (Phi) is 3.17. The van der Waals surface area contributed by atoms with Gasteiger partial charge in [-0.2, -0.15) is 0 Å². The number of nitro groups is 1. The third-order valence-corrected chi connectivity index (χ3v) is 4.92. The molecule has 0 saturated heterocycles. The number of nitrogens with zero attached hydrogens (tertiary/aromatic N) is 1. The highest BCUT2D eigenvalue weighted by Gasteiger charge is 2.57. The second kappa shape index (κ2) is 4.74. The molecule has 2 fully saturated rings. The molecule has 1 spiro atoms. The fraction of sp³-hybridized carbons (Fsp3) is 0.600. The van der Waals surface area contributed by atoms with Gasteiger partial charge in [0, 0.05) is 24.0 Å². The van der Waals surface area contributed by atoms with Crippen LogP contribution in [0.4, 0.5) is 5.69 Å². The number of aliphatic hydroxyl groups excluding tert-OH is 1. The first-order valence-electron chi connectivity index (χ1n) is 7.13. The van der Waals surface area contributed by atoms with Gasteiger partial charge in [-0.05, 0) is 31.4 Å². The number of non-ortho nitro benzene ring substituents is 1. The zero-order valence-corrected chi connectivity index (χ0v) is 11.5. The highest BCUT2D eigenvalue weighted by molar-refractivity contribution is 5.43. The third-order valence-electron chi connectivity index (χ3n) is 4.92. The summed E-state index contributed by atoms with van der Waals surface area (Å²) in [6, 6.07) is 4.67. The second-order valence-corrected chi connectivity index (χ2v) is 6.01. The summed E-state index contributed by atoms with van der Waals surface area (Å²) in [7, 11) is 0. The summed E-state index contributed by atoms with van der Waals surface area (Å²) in [6.45, 7) is 1.82. The number of aliphatic hydroxyl groups is 1. The van der Waals surface area contributed by atoms with Gasteiger partial charge in [0.25, 0.3) is 5.69 Å². The molecule has 0 aliphatic heterocycles. The quantitative estimate of drug-likeness (QED) is 0.681. The van der Waals surface area contributed by atoms with Gasteiger partial charge >= 0.3 is 0 Å². The summed E-state index contributed by atoms with van der Waals surface area (Å²) in [4.78, 5) is 10.3. The largest absolute Gasteiger partial charge is 0.489 e. The number of nitro benzene ring substituents is 1. The molecule has 0 radical (unpaired) electrons. The van der Waals surface area contributed by atoms with Crippen LogP contribution < -0.4 is 4.74 Å². The van der Waals surface area contributed by atoms with Gasteiger partial charge in [0.2, 0.25) is 0 Å². The number of hydrogen-bond donors (Lipinski definition) is 1. The second-order valence-electron chi connectivity index (χ2n) is 6.01.